The normalized spacial score (nSPS) is 23.6. The summed E-state index contributed by atoms with van der Waals surface area (Å²) in [5, 5.41) is 3.53. The van der Waals surface area contributed by atoms with Crippen molar-refractivity contribution < 1.29 is 9.47 Å². The van der Waals surface area contributed by atoms with E-state index in [1.807, 2.05) is 0 Å². The van der Waals surface area contributed by atoms with E-state index in [1.54, 1.807) is 0 Å². The summed E-state index contributed by atoms with van der Waals surface area (Å²) in [6.07, 6.45) is 3.39. The van der Waals surface area contributed by atoms with Gasteiger partial charge in [-0.05, 0) is 36.6 Å². The van der Waals surface area contributed by atoms with E-state index >= 15 is 0 Å². The van der Waals surface area contributed by atoms with Crippen molar-refractivity contribution in [3.63, 3.8) is 0 Å². The Balaban J connectivity index is 1.69. The summed E-state index contributed by atoms with van der Waals surface area (Å²) in [5.41, 5.74) is 2.52. The zero-order valence-electron chi connectivity index (χ0n) is 9.37. The number of anilines is 1. The summed E-state index contributed by atoms with van der Waals surface area (Å²) >= 11 is 0. The molecule has 0 bridgehead atoms. The molecule has 2 heterocycles. The molecule has 3 nitrogen and oxygen atoms in total. The fourth-order valence-electron chi connectivity index (χ4n) is 2.37. The minimum Gasteiger partial charge on any atom is -0.493 e. The maximum atomic E-state index is 5.49. The lowest BCUT2D eigenvalue weighted by Crippen LogP contribution is -2.29. The van der Waals surface area contributed by atoms with E-state index in [-0.39, 0.29) is 0 Å². The summed E-state index contributed by atoms with van der Waals surface area (Å²) in [6.45, 7) is 2.56. The predicted octanol–water partition coefficient (Wildman–Crippen LogP) is 2.21. The first-order valence-corrected chi connectivity index (χ1v) is 6.02. The second kappa shape index (κ2) is 4.34. The van der Waals surface area contributed by atoms with Gasteiger partial charge >= 0.3 is 0 Å². The van der Waals surface area contributed by atoms with Crippen molar-refractivity contribution in [2.24, 2.45) is 0 Å². The Morgan fingerprint density at radius 1 is 1.25 bits per heavy atom. The van der Waals surface area contributed by atoms with Gasteiger partial charge in [0.2, 0.25) is 0 Å². The second-order valence-corrected chi connectivity index (χ2v) is 4.48. The molecular formula is C13H17NO2. The summed E-state index contributed by atoms with van der Waals surface area (Å²) < 4.78 is 11.0. The fraction of sp³-hybridized carbons (Fsp3) is 0.538. The van der Waals surface area contributed by atoms with Gasteiger partial charge in [0.1, 0.15) is 5.75 Å². The average Bonchev–Trinajstić information content (AvgIpc) is 2.77. The van der Waals surface area contributed by atoms with Gasteiger partial charge in [0.05, 0.1) is 13.2 Å². The molecule has 1 fully saturated rings. The third kappa shape index (κ3) is 2.00. The minimum absolute atomic E-state index is 0.467. The van der Waals surface area contributed by atoms with Gasteiger partial charge in [-0.25, -0.2) is 0 Å². The number of rotatable bonds is 2. The molecule has 1 aromatic carbocycles. The van der Waals surface area contributed by atoms with E-state index in [0.717, 1.165) is 38.4 Å². The number of hydrogen-bond donors (Lipinski definition) is 1. The first kappa shape index (κ1) is 9.97. The lowest BCUT2D eigenvalue weighted by molar-refractivity contribution is 0.0876. The van der Waals surface area contributed by atoms with Gasteiger partial charge < -0.3 is 14.8 Å². The largest absolute Gasteiger partial charge is 0.493 e. The molecule has 0 radical (unpaired) electrons. The van der Waals surface area contributed by atoms with E-state index in [4.69, 9.17) is 9.47 Å². The summed E-state index contributed by atoms with van der Waals surface area (Å²) in [5.74, 6) is 1.05. The van der Waals surface area contributed by atoms with Crippen LogP contribution in [0.2, 0.25) is 0 Å². The summed E-state index contributed by atoms with van der Waals surface area (Å²) in [7, 11) is 0. The van der Waals surface area contributed by atoms with E-state index in [2.05, 4.69) is 23.5 Å². The van der Waals surface area contributed by atoms with E-state index < -0.39 is 0 Å². The maximum Gasteiger partial charge on any atom is 0.122 e. The molecule has 0 aliphatic carbocycles. The van der Waals surface area contributed by atoms with Gasteiger partial charge in [-0.1, -0.05) is 0 Å². The summed E-state index contributed by atoms with van der Waals surface area (Å²) in [6, 6.07) is 6.83. The summed E-state index contributed by atoms with van der Waals surface area (Å²) in [4.78, 5) is 0. The first-order chi connectivity index (χ1) is 7.92. The van der Waals surface area contributed by atoms with Crippen LogP contribution in [0.3, 0.4) is 0 Å². The fourth-order valence-corrected chi connectivity index (χ4v) is 2.37. The lowest BCUT2D eigenvalue weighted by Gasteiger charge is -2.24. The van der Waals surface area contributed by atoms with Crippen LogP contribution in [-0.2, 0) is 11.2 Å². The number of benzene rings is 1. The van der Waals surface area contributed by atoms with Crippen molar-refractivity contribution >= 4 is 5.69 Å². The molecule has 1 N–H and O–H groups in total. The highest BCUT2D eigenvalue weighted by Gasteiger charge is 2.16. The van der Waals surface area contributed by atoms with Crippen molar-refractivity contribution in [2.75, 3.05) is 25.1 Å². The van der Waals surface area contributed by atoms with Crippen molar-refractivity contribution in [1.82, 2.24) is 0 Å². The van der Waals surface area contributed by atoms with Crippen LogP contribution < -0.4 is 10.1 Å². The van der Waals surface area contributed by atoms with Crippen LogP contribution in [-0.4, -0.2) is 25.9 Å². The number of nitrogens with one attached hydrogen (secondary N) is 1. The zero-order valence-corrected chi connectivity index (χ0v) is 9.37. The highest BCUT2D eigenvalue weighted by molar-refractivity contribution is 5.53. The molecule has 86 valence electrons. The number of hydrogen-bond acceptors (Lipinski definition) is 3. The molecule has 1 unspecified atom stereocenters. The molecule has 16 heavy (non-hydrogen) atoms. The number of ether oxygens (including phenoxy) is 2. The minimum atomic E-state index is 0.467. The highest BCUT2D eigenvalue weighted by Crippen LogP contribution is 2.28. The van der Waals surface area contributed by atoms with Gasteiger partial charge in [0, 0.05) is 24.8 Å². The Labute approximate surface area is 95.8 Å². The first-order valence-electron chi connectivity index (χ1n) is 6.02. The molecule has 1 saturated heterocycles. The van der Waals surface area contributed by atoms with Crippen LogP contribution in [0.5, 0.6) is 5.75 Å². The Morgan fingerprint density at radius 3 is 3.12 bits per heavy atom. The molecule has 2 aliphatic heterocycles. The van der Waals surface area contributed by atoms with E-state index in [1.165, 1.54) is 17.7 Å². The molecule has 1 atom stereocenters. The highest BCUT2D eigenvalue weighted by atomic mass is 16.5. The van der Waals surface area contributed by atoms with Crippen LogP contribution in [0.25, 0.3) is 0 Å². The van der Waals surface area contributed by atoms with Crippen molar-refractivity contribution in [2.45, 2.75) is 25.3 Å². The molecule has 1 aromatic rings. The van der Waals surface area contributed by atoms with Gasteiger partial charge in [-0.2, -0.15) is 0 Å². The molecule has 0 aromatic heterocycles. The van der Waals surface area contributed by atoms with Crippen molar-refractivity contribution in [3.05, 3.63) is 23.8 Å². The van der Waals surface area contributed by atoms with Crippen LogP contribution in [0.4, 0.5) is 5.69 Å². The van der Waals surface area contributed by atoms with E-state index in [9.17, 15) is 0 Å². The standard InChI is InChI=1S/C13H17NO2/c1-2-12(9-15-6-1)14-11-3-4-13-10(8-11)5-7-16-13/h3-4,8,12,14H,1-2,5-7,9H2. The quantitative estimate of drug-likeness (QED) is 0.827. The second-order valence-electron chi connectivity index (χ2n) is 4.48. The third-order valence-corrected chi connectivity index (χ3v) is 3.22. The van der Waals surface area contributed by atoms with E-state index in [0.29, 0.717) is 6.04 Å². The molecule has 2 aliphatic rings. The van der Waals surface area contributed by atoms with Crippen LogP contribution >= 0.6 is 0 Å². The molecular weight excluding hydrogens is 202 g/mol. The molecule has 0 saturated carbocycles. The Hall–Kier alpha value is -1.22. The van der Waals surface area contributed by atoms with Crippen molar-refractivity contribution in [1.29, 1.82) is 0 Å². The zero-order chi connectivity index (χ0) is 10.8. The number of fused-ring (bicyclic) bond motifs is 1. The SMILES string of the molecule is c1cc2c(cc1NC1CCCOC1)CCO2. The van der Waals surface area contributed by atoms with Gasteiger partial charge in [-0.3, -0.25) is 0 Å². The van der Waals surface area contributed by atoms with Gasteiger partial charge in [-0.15, -0.1) is 0 Å². The Kier molecular flexibility index (Phi) is 2.70. The molecule has 0 amide bonds. The monoisotopic (exact) mass is 219 g/mol. The molecule has 3 heteroatoms. The van der Waals surface area contributed by atoms with Crippen LogP contribution in [0.1, 0.15) is 18.4 Å². The Bertz CT molecular complexity index is 372. The molecule has 0 spiro atoms. The van der Waals surface area contributed by atoms with Gasteiger partial charge in [0.25, 0.3) is 0 Å². The maximum absolute atomic E-state index is 5.49. The van der Waals surface area contributed by atoms with Crippen LogP contribution in [0.15, 0.2) is 18.2 Å². The van der Waals surface area contributed by atoms with Crippen LogP contribution in [0, 0.1) is 0 Å². The Morgan fingerprint density at radius 2 is 2.25 bits per heavy atom. The predicted molar refractivity (Wildman–Crippen MR) is 63.1 cm³/mol. The lowest BCUT2D eigenvalue weighted by atomic mass is 10.1. The van der Waals surface area contributed by atoms with Crippen molar-refractivity contribution in [3.8, 4) is 5.75 Å². The van der Waals surface area contributed by atoms with Gasteiger partial charge in [0.15, 0.2) is 0 Å². The third-order valence-electron chi connectivity index (χ3n) is 3.22. The average molecular weight is 219 g/mol. The molecule has 3 rings (SSSR count). The topological polar surface area (TPSA) is 30.5 Å². The smallest absolute Gasteiger partial charge is 0.122 e.